The molecule has 1 aliphatic heterocycles. The molecule has 0 bridgehead atoms. The van der Waals surface area contributed by atoms with E-state index in [2.05, 4.69) is 24.4 Å². The van der Waals surface area contributed by atoms with Gasteiger partial charge in [-0.3, -0.25) is 4.79 Å². The number of carbonyl (C=O) groups excluding carboxylic acids is 1. The van der Waals surface area contributed by atoms with E-state index >= 15 is 0 Å². The summed E-state index contributed by atoms with van der Waals surface area (Å²) < 4.78 is 0. The Kier molecular flexibility index (Phi) is 7.39. The maximum atomic E-state index is 10.9. The van der Waals surface area contributed by atoms with Crippen LogP contribution < -0.4 is 5.32 Å². The lowest BCUT2D eigenvalue weighted by Crippen LogP contribution is -2.23. The molecule has 1 aliphatic rings. The minimum atomic E-state index is 0.120. The standard InChI is InChI=1S/C13H23NOS/c1-2-3-4-5-6-7-8-9-10-12-11-16-13(15)14-12/h9-10,12H,2-8,11H2,1H3,(H,14,15)/b10-9+/t12-/m1/s1. The van der Waals surface area contributed by atoms with Gasteiger partial charge >= 0.3 is 0 Å². The predicted octanol–water partition coefficient (Wildman–Crippen LogP) is 4.12. The van der Waals surface area contributed by atoms with E-state index in [0.29, 0.717) is 0 Å². The molecular formula is C13H23NOS. The van der Waals surface area contributed by atoms with Crippen LogP contribution in [0.15, 0.2) is 12.2 Å². The maximum Gasteiger partial charge on any atom is 0.279 e. The first-order valence-electron chi connectivity index (χ1n) is 6.43. The van der Waals surface area contributed by atoms with Crippen molar-refractivity contribution in [3.05, 3.63) is 12.2 Å². The first-order chi connectivity index (χ1) is 7.83. The second-order valence-corrected chi connectivity index (χ2v) is 5.33. The molecule has 1 saturated heterocycles. The average molecular weight is 241 g/mol. The highest BCUT2D eigenvalue weighted by molar-refractivity contribution is 8.14. The van der Waals surface area contributed by atoms with Crippen molar-refractivity contribution >= 4 is 17.0 Å². The SMILES string of the molecule is CCCCCCCC/C=C/[C@@H]1CSC(=O)N1. The second kappa shape index (κ2) is 8.68. The molecule has 0 aromatic carbocycles. The minimum Gasteiger partial charge on any atom is -0.340 e. The molecule has 3 heteroatoms. The molecule has 0 aromatic rings. The molecule has 1 fully saturated rings. The highest BCUT2D eigenvalue weighted by atomic mass is 32.2. The van der Waals surface area contributed by atoms with E-state index in [9.17, 15) is 4.79 Å². The predicted molar refractivity (Wildman–Crippen MR) is 71.9 cm³/mol. The fraction of sp³-hybridized carbons (Fsp3) is 0.769. The molecule has 1 atom stereocenters. The Morgan fingerprint density at radius 1 is 1.31 bits per heavy atom. The van der Waals surface area contributed by atoms with Crippen LogP contribution in [-0.2, 0) is 0 Å². The Morgan fingerprint density at radius 3 is 2.75 bits per heavy atom. The van der Waals surface area contributed by atoms with E-state index in [-0.39, 0.29) is 11.3 Å². The fourth-order valence-electron chi connectivity index (χ4n) is 1.81. The van der Waals surface area contributed by atoms with Gasteiger partial charge in [-0.1, -0.05) is 62.9 Å². The van der Waals surface area contributed by atoms with Crippen molar-refractivity contribution in [2.75, 3.05) is 5.75 Å². The van der Waals surface area contributed by atoms with Crippen LogP contribution in [0.4, 0.5) is 4.79 Å². The molecular weight excluding hydrogens is 218 g/mol. The summed E-state index contributed by atoms with van der Waals surface area (Å²) in [6, 6.07) is 0.276. The van der Waals surface area contributed by atoms with Gasteiger partial charge in [0, 0.05) is 5.75 Å². The summed E-state index contributed by atoms with van der Waals surface area (Å²) in [5, 5.41) is 3.03. The molecule has 0 saturated carbocycles. The smallest absolute Gasteiger partial charge is 0.279 e. The third-order valence-electron chi connectivity index (χ3n) is 2.79. The molecule has 0 aromatic heterocycles. The fourth-order valence-corrected chi connectivity index (χ4v) is 2.57. The number of allylic oxidation sites excluding steroid dienone is 1. The molecule has 92 valence electrons. The molecule has 0 spiro atoms. The lowest BCUT2D eigenvalue weighted by atomic mass is 10.1. The summed E-state index contributed by atoms with van der Waals surface area (Å²) in [6.07, 6.45) is 13.6. The third-order valence-corrected chi connectivity index (χ3v) is 3.70. The van der Waals surface area contributed by atoms with Crippen molar-refractivity contribution in [2.45, 2.75) is 57.9 Å². The van der Waals surface area contributed by atoms with Crippen LogP contribution in [0, 0.1) is 0 Å². The number of rotatable bonds is 8. The quantitative estimate of drug-likeness (QED) is 0.511. The Bertz CT molecular complexity index is 228. The van der Waals surface area contributed by atoms with Crippen molar-refractivity contribution in [1.82, 2.24) is 5.32 Å². The van der Waals surface area contributed by atoms with Gasteiger partial charge in [0.25, 0.3) is 5.24 Å². The van der Waals surface area contributed by atoms with Gasteiger partial charge in [0.15, 0.2) is 0 Å². The van der Waals surface area contributed by atoms with Gasteiger partial charge in [-0.15, -0.1) is 0 Å². The second-order valence-electron chi connectivity index (χ2n) is 4.33. The monoisotopic (exact) mass is 241 g/mol. The summed E-state index contributed by atoms with van der Waals surface area (Å²) >= 11 is 1.38. The molecule has 16 heavy (non-hydrogen) atoms. The summed E-state index contributed by atoms with van der Waals surface area (Å²) in [6.45, 7) is 2.25. The zero-order chi connectivity index (χ0) is 11.6. The summed E-state index contributed by atoms with van der Waals surface area (Å²) in [5.74, 6) is 0.895. The number of hydrogen-bond donors (Lipinski definition) is 1. The van der Waals surface area contributed by atoms with Crippen LogP contribution in [0.1, 0.15) is 51.9 Å². The molecule has 0 unspecified atom stereocenters. The van der Waals surface area contributed by atoms with Crippen molar-refractivity contribution < 1.29 is 4.79 Å². The Labute approximate surface area is 103 Å². The molecule has 1 amide bonds. The number of thioether (sulfide) groups is 1. The van der Waals surface area contributed by atoms with Crippen LogP contribution in [0.5, 0.6) is 0 Å². The van der Waals surface area contributed by atoms with Crippen molar-refractivity contribution in [1.29, 1.82) is 0 Å². The van der Waals surface area contributed by atoms with Crippen molar-refractivity contribution in [3.63, 3.8) is 0 Å². The summed E-state index contributed by atoms with van der Waals surface area (Å²) in [7, 11) is 0. The van der Waals surface area contributed by atoms with E-state index in [1.54, 1.807) is 0 Å². The van der Waals surface area contributed by atoms with Crippen LogP contribution in [0.3, 0.4) is 0 Å². The van der Waals surface area contributed by atoms with Gasteiger partial charge in [-0.05, 0) is 12.8 Å². The molecule has 0 radical (unpaired) electrons. The van der Waals surface area contributed by atoms with Gasteiger partial charge in [-0.25, -0.2) is 0 Å². The van der Waals surface area contributed by atoms with E-state index in [4.69, 9.17) is 0 Å². The van der Waals surface area contributed by atoms with Crippen LogP contribution in [0.25, 0.3) is 0 Å². The van der Waals surface area contributed by atoms with Gasteiger partial charge < -0.3 is 5.32 Å². The molecule has 1 rings (SSSR count). The van der Waals surface area contributed by atoms with E-state index < -0.39 is 0 Å². The highest BCUT2D eigenvalue weighted by Crippen LogP contribution is 2.14. The van der Waals surface area contributed by atoms with Gasteiger partial charge in [-0.2, -0.15) is 0 Å². The van der Waals surface area contributed by atoms with Crippen molar-refractivity contribution in [3.8, 4) is 0 Å². The van der Waals surface area contributed by atoms with Crippen LogP contribution in [-0.4, -0.2) is 17.0 Å². The van der Waals surface area contributed by atoms with Gasteiger partial charge in [0.2, 0.25) is 0 Å². The Balaban J connectivity index is 1.90. The lowest BCUT2D eigenvalue weighted by molar-refractivity contribution is 0.261. The molecule has 0 aliphatic carbocycles. The lowest BCUT2D eigenvalue weighted by Gasteiger charge is -2.01. The van der Waals surface area contributed by atoms with Crippen LogP contribution in [0.2, 0.25) is 0 Å². The zero-order valence-electron chi connectivity index (χ0n) is 10.2. The molecule has 1 heterocycles. The normalized spacial score (nSPS) is 20.6. The van der Waals surface area contributed by atoms with Gasteiger partial charge in [0.1, 0.15) is 0 Å². The number of amides is 1. The number of hydrogen-bond acceptors (Lipinski definition) is 2. The average Bonchev–Trinajstić information content (AvgIpc) is 2.68. The van der Waals surface area contributed by atoms with Crippen molar-refractivity contribution in [2.24, 2.45) is 0 Å². The summed E-state index contributed by atoms with van der Waals surface area (Å²) in [4.78, 5) is 10.9. The molecule has 1 N–H and O–H groups in total. The Hall–Kier alpha value is -0.440. The summed E-state index contributed by atoms with van der Waals surface area (Å²) in [5.41, 5.74) is 0. The highest BCUT2D eigenvalue weighted by Gasteiger charge is 2.18. The number of carbonyl (C=O) groups is 1. The number of unbranched alkanes of at least 4 members (excludes halogenated alkanes) is 6. The largest absolute Gasteiger partial charge is 0.340 e. The third kappa shape index (κ3) is 6.21. The van der Waals surface area contributed by atoms with E-state index in [1.165, 1.54) is 50.3 Å². The number of nitrogens with one attached hydrogen (secondary N) is 1. The van der Waals surface area contributed by atoms with Crippen LogP contribution >= 0.6 is 11.8 Å². The van der Waals surface area contributed by atoms with Gasteiger partial charge in [0.05, 0.1) is 6.04 Å². The first kappa shape index (κ1) is 13.6. The zero-order valence-corrected chi connectivity index (χ0v) is 11.0. The topological polar surface area (TPSA) is 29.1 Å². The first-order valence-corrected chi connectivity index (χ1v) is 7.41. The maximum absolute atomic E-state index is 10.9. The Morgan fingerprint density at radius 2 is 2.06 bits per heavy atom. The van der Waals surface area contributed by atoms with E-state index in [1.807, 2.05) is 0 Å². The van der Waals surface area contributed by atoms with E-state index in [0.717, 1.165) is 12.2 Å². The minimum absolute atomic E-state index is 0.120. The molecule has 2 nitrogen and oxygen atoms in total.